The van der Waals surface area contributed by atoms with Crippen LogP contribution in [-0.4, -0.2) is 26.3 Å². The summed E-state index contributed by atoms with van der Waals surface area (Å²) in [6.45, 7) is 7.82. The van der Waals surface area contributed by atoms with Crippen molar-refractivity contribution in [1.82, 2.24) is 0 Å². The Morgan fingerprint density at radius 2 is 1.40 bits per heavy atom. The Hall–Kier alpha value is -5.28. The Morgan fingerprint density at radius 3 is 2.12 bits per heavy atom. The largest absolute Gasteiger partial charge is 0.472 e. The zero-order valence-electron chi connectivity index (χ0n) is 28.1. The molecule has 3 aliphatic rings. The van der Waals surface area contributed by atoms with E-state index >= 15 is 0 Å². The van der Waals surface area contributed by atoms with Crippen molar-refractivity contribution in [3.05, 3.63) is 161 Å². The van der Waals surface area contributed by atoms with Crippen molar-refractivity contribution in [2.75, 3.05) is 31.2 Å². The lowest BCUT2D eigenvalue weighted by atomic mass is 9.76. The molecule has 5 heteroatoms. The first-order valence-electron chi connectivity index (χ1n) is 17.3. The van der Waals surface area contributed by atoms with Crippen molar-refractivity contribution in [3.63, 3.8) is 0 Å². The molecule has 1 saturated heterocycles. The maximum absolute atomic E-state index is 9.79. The van der Waals surface area contributed by atoms with Crippen LogP contribution in [0, 0.1) is 11.3 Å². The summed E-state index contributed by atoms with van der Waals surface area (Å²) in [5.74, 6) is 0.892. The van der Waals surface area contributed by atoms with Crippen molar-refractivity contribution in [3.8, 4) is 22.9 Å². The van der Waals surface area contributed by atoms with Gasteiger partial charge in [0.1, 0.15) is 5.75 Å². The van der Waals surface area contributed by atoms with Gasteiger partial charge in [-0.1, -0.05) is 104 Å². The molecule has 0 aromatic heterocycles. The molecule has 0 N–H and O–H groups in total. The Kier molecular flexibility index (Phi) is 7.35. The molecule has 6 aromatic carbocycles. The first kappa shape index (κ1) is 30.8. The Balaban J connectivity index is 1.22. The SMILES string of the molecule is CC1(C)c2cc(C#N)ccc2-c2c1c1c(c3ccccc23)OC(c2ccc(Sc3ccccc3)cc2)(c2ccc(N3CCOCC3)cc2)C=C1. The van der Waals surface area contributed by atoms with Gasteiger partial charge in [0, 0.05) is 56.1 Å². The highest BCUT2D eigenvalue weighted by atomic mass is 32.2. The number of fused-ring (bicyclic) bond motifs is 8. The molecule has 9 rings (SSSR count). The monoisotopic (exact) mass is 668 g/mol. The molecule has 0 saturated carbocycles. The highest BCUT2D eigenvalue weighted by Gasteiger charge is 2.44. The van der Waals surface area contributed by atoms with E-state index in [1.165, 1.54) is 43.1 Å². The van der Waals surface area contributed by atoms with E-state index in [9.17, 15) is 5.26 Å². The average molecular weight is 669 g/mol. The van der Waals surface area contributed by atoms with Gasteiger partial charge in [0.25, 0.3) is 0 Å². The van der Waals surface area contributed by atoms with Gasteiger partial charge in [-0.2, -0.15) is 5.26 Å². The number of hydrogen-bond acceptors (Lipinski definition) is 5. The van der Waals surface area contributed by atoms with E-state index in [0.29, 0.717) is 5.56 Å². The van der Waals surface area contributed by atoms with Gasteiger partial charge in [0.15, 0.2) is 5.60 Å². The number of hydrogen-bond donors (Lipinski definition) is 0. The van der Waals surface area contributed by atoms with Gasteiger partial charge in [-0.15, -0.1) is 0 Å². The van der Waals surface area contributed by atoms with Crippen LogP contribution in [-0.2, 0) is 15.8 Å². The van der Waals surface area contributed by atoms with Crippen molar-refractivity contribution >= 4 is 34.3 Å². The quantitative estimate of drug-likeness (QED) is 0.183. The molecule has 2 aliphatic heterocycles. The van der Waals surface area contributed by atoms with Crippen LogP contribution in [0.25, 0.3) is 28.0 Å². The van der Waals surface area contributed by atoms with Gasteiger partial charge >= 0.3 is 0 Å². The van der Waals surface area contributed by atoms with Gasteiger partial charge in [-0.05, 0) is 82.2 Å². The smallest absolute Gasteiger partial charge is 0.178 e. The number of morpholine rings is 1. The number of ether oxygens (including phenoxy) is 2. The van der Waals surface area contributed by atoms with Gasteiger partial charge in [0.05, 0.1) is 24.8 Å². The molecule has 6 aromatic rings. The molecule has 4 nitrogen and oxygen atoms in total. The van der Waals surface area contributed by atoms with Crippen molar-refractivity contribution < 1.29 is 9.47 Å². The third-order valence-corrected chi connectivity index (χ3v) is 11.6. The normalized spacial score (nSPS) is 18.5. The summed E-state index contributed by atoms with van der Waals surface area (Å²) in [5.41, 5.74) is 8.81. The number of rotatable bonds is 5. The molecule has 1 aliphatic carbocycles. The van der Waals surface area contributed by atoms with E-state index in [4.69, 9.17) is 9.47 Å². The lowest BCUT2D eigenvalue weighted by molar-refractivity contribution is 0.122. The van der Waals surface area contributed by atoms with E-state index in [0.717, 1.165) is 54.1 Å². The second-order valence-corrected chi connectivity index (χ2v) is 14.9. The Morgan fingerprint density at radius 1 is 0.740 bits per heavy atom. The van der Waals surface area contributed by atoms with Crippen molar-refractivity contribution in [2.24, 2.45) is 0 Å². The molecule has 1 atom stereocenters. The molecule has 0 spiro atoms. The van der Waals surface area contributed by atoms with Crippen LogP contribution in [0.5, 0.6) is 5.75 Å². The summed E-state index contributed by atoms with van der Waals surface area (Å²) in [7, 11) is 0. The van der Waals surface area contributed by atoms with E-state index in [2.05, 4.69) is 146 Å². The van der Waals surface area contributed by atoms with E-state index < -0.39 is 5.60 Å². The average Bonchev–Trinajstić information content (AvgIpc) is 3.41. The maximum Gasteiger partial charge on any atom is 0.178 e. The summed E-state index contributed by atoms with van der Waals surface area (Å²) >= 11 is 1.76. The minimum Gasteiger partial charge on any atom is -0.472 e. The second kappa shape index (κ2) is 11.9. The number of nitrogens with zero attached hydrogens (tertiary/aromatic N) is 2. The molecule has 2 heterocycles. The van der Waals surface area contributed by atoms with Crippen LogP contribution >= 0.6 is 11.8 Å². The molecule has 0 bridgehead atoms. The van der Waals surface area contributed by atoms with Crippen molar-refractivity contribution in [1.29, 1.82) is 5.26 Å². The zero-order valence-corrected chi connectivity index (χ0v) is 29.0. The van der Waals surface area contributed by atoms with E-state index in [1.807, 2.05) is 12.1 Å². The van der Waals surface area contributed by atoms with Crippen molar-refractivity contribution in [2.45, 2.75) is 34.7 Å². The Bertz CT molecular complexity index is 2330. The number of nitriles is 1. The second-order valence-electron chi connectivity index (χ2n) is 13.8. The summed E-state index contributed by atoms with van der Waals surface area (Å²) in [6, 6.07) is 45.4. The van der Waals surface area contributed by atoms with Gasteiger partial charge in [-0.3, -0.25) is 0 Å². The van der Waals surface area contributed by atoms with Gasteiger partial charge < -0.3 is 14.4 Å². The minimum absolute atomic E-state index is 0.324. The molecular formula is C45H36N2O2S. The highest BCUT2D eigenvalue weighted by Crippen LogP contribution is 2.58. The molecule has 0 radical (unpaired) electrons. The number of anilines is 1. The minimum atomic E-state index is -0.854. The van der Waals surface area contributed by atoms with Crippen LogP contribution in [0.15, 0.2) is 137 Å². The van der Waals surface area contributed by atoms with Gasteiger partial charge in [-0.25, -0.2) is 0 Å². The summed E-state index contributed by atoms with van der Waals surface area (Å²) in [6.07, 6.45) is 4.55. The van der Waals surface area contributed by atoms with Crippen LogP contribution in [0.1, 0.15) is 47.2 Å². The molecule has 50 heavy (non-hydrogen) atoms. The Labute approximate surface area is 297 Å². The third kappa shape index (κ3) is 4.86. The van der Waals surface area contributed by atoms with Crippen LogP contribution < -0.4 is 9.64 Å². The molecule has 1 fully saturated rings. The van der Waals surface area contributed by atoms with Crippen LogP contribution in [0.4, 0.5) is 5.69 Å². The van der Waals surface area contributed by atoms with E-state index in [1.54, 1.807) is 11.8 Å². The predicted molar refractivity (Wildman–Crippen MR) is 203 cm³/mol. The molecular weight excluding hydrogens is 633 g/mol. The fourth-order valence-corrected chi connectivity index (χ4v) is 8.96. The highest BCUT2D eigenvalue weighted by molar-refractivity contribution is 7.99. The predicted octanol–water partition coefficient (Wildman–Crippen LogP) is 10.4. The lowest BCUT2D eigenvalue weighted by Crippen LogP contribution is -2.37. The maximum atomic E-state index is 9.79. The zero-order chi connectivity index (χ0) is 33.9. The summed E-state index contributed by atoms with van der Waals surface area (Å²) in [5, 5.41) is 12.0. The van der Waals surface area contributed by atoms with Gasteiger partial charge in [0.2, 0.25) is 0 Å². The first-order valence-corrected chi connectivity index (χ1v) is 18.1. The first-order chi connectivity index (χ1) is 24.5. The topological polar surface area (TPSA) is 45.5 Å². The molecule has 244 valence electrons. The van der Waals surface area contributed by atoms with Crippen LogP contribution in [0.3, 0.4) is 0 Å². The van der Waals surface area contributed by atoms with Crippen LogP contribution in [0.2, 0.25) is 0 Å². The molecule has 1 unspecified atom stereocenters. The molecule has 0 amide bonds. The fraction of sp³-hybridized carbons (Fsp3) is 0.178. The lowest BCUT2D eigenvalue weighted by Gasteiger charge is -2.39. The fourth-order valence-electron chi connectivity index (χ4n) is 8.12. The number of benzene rings is 6. The summed E-state index contributed by atoms with van der Waals surface area (Å²) < 4.78 is 13.2. The van der Waals surface area contributed by atoms with E-state index in [-0.39, 0.29) is 5.41 Å². The summed E-state index contributed by atoms with van der Waals surface area (Å²) in [4.78, 5) is 4.77. The third-order valence-electron chi connectivity index (χ3n) is 10.6. The standard InChI is InChI=1S/C45H36N2O2S/c1-44(2)40-28-30(29-46)12-21-38(40)41-36-10-6-7-11-37(36)43-39(42(41)44)22-23-45(49-43,31-13-17-33(18-14-31)47-24-26-48-27-25-47)32-15-19-35(20-16-32)50-34-8-4-3-5-9-34/h3-23,28H,24-27H2,1-2H3.